The molecule has 2 aromatic rings. The van der Waals surface area contributed by atoms with Crippen LogP contribution in [0.2, 0.25) is 10.0 Å². The molecule has 0 fully saturated rings. The van der Waals surface area contributed by atoms with Gasteiger partial charge < -0.3 is 5.32 Å². The third kappa shape index (κ3) is 5.63. The Balaban J connectivity index is 1.88. The Labute approximate surface area is 141 Å². The number of hydrogen-bond acceptors (Lipinski definition) is 2. The molecule has 0 radical (unpaired) electrons. The minimum absolute atomic E-state index is 0.466. The number of nitrogens with one attached hydrogen (secondary N) is 1. The van der Waals surface area contributed by atoms with Gasteiger partial charge in [-0.3, -0.25) is 0 Å². The van der Waals surface area contributed by atoms with Crippen molar-refractivity contribution in [3.63, 3.8) is 0 Å². The van der Waals surface area contributed by atoms with Crippen LogP contribution in [0.25, 0.3) is 0 Å². The Bertz CT molecular complexity index is 540. The maximum atomic E-state index is 6.28. The molecule has 0 saturated carbocycles. The fourth-order valence-corrected chi connectivity index (χ4v) is 3.73. The maximum absolute atomic E-state index is 6.28. The average Bonchev–Trinajstić information content (AvgIpc) is 2.95. The van der Waals surface area contributed by atoms with Crippen LogP contribution in [0, 0.1) is 0 Å². The van der Waals surface area contributed by atoms with Crippen molar-refractivity contribution in [2.75, 3.05) is 6.54 Å². The van der Waals surface area contributed by atoms with Gasteiger partial charge in [-0.05, 0) is 61.4 Å². The van der Waals surface area contributed by atoms with Crippen molar-refractivity contribution in [1.82, 2.24) is 5.32 Å². The van der Waals surface area contributed by atoms with Crippen LogP contribution in [-0.2, 0) is 12.8 Å². The summed E-state index contributed by atoms with van der Waals surface area (Å²) in [6.45, 7) is 3.13. The molecule has 0 saturated heterocycles. The van der Waals surface area contributed by atoms with E-state index in [1.807, 2.05) is 29.5 Å². The van der Waals surface area contributed by atoms with Crippen LogP contribution in [0.5, 0.6) is 0 Å². The lowest BCUT2D eigenvalue weighted by Crippen LogP contribution is -2.31. The smallest absolute Gasteiger partial charge is 0.0453 e. The highest BCUT2D eigenvalue weighted by atomic mass is 35.5. The molecule has 21 heavy (non-hydrogen) atoms. The maximum Gasteiger partial charge on any atom is 0.0453 e. The molecule has 4 heteroatoms. The van der Waals surface area contributed by atoms with Gasteiger partial charge in [0.25, 0.3) is 0 Å². The first-order valence-electron chi connectivity index (χ1n) is 7.38. The van der Waals surface area contributed by atoms with E-state index < -0.39 is 0 Å². The number of rotatable bonds is 8. The van der Waals surface area contributed by atoms with Gasteiger partial charge in [-0.2, -0.15) is 0 Å². The van der Waals surface area contributed by atoms with Crippen molar-refractivity contribution >= 4 is 34.5 Å². The molecule has 1 heterocycles. The predicted octanol–water partition coefficient (Wildman–Crippen LogP) is 5.60. The monoisotopic (exact) mass is 341 g/mol. The molecule has 1 aromatic heterocycles. The normalized spacial score (nSPS) is 12.5. The van der Waals surface area contributed by atoms with E-state index in [0.29, 0.717) is 11.1 Å². The molecule has 0 aliphatic rings. The van der Waals surface area contributed by atoms with Gasteiger partial charge in [0.1, 0.15) is 0 Å². The summed E-state index contributed by atoms with van der Waals surface area (Å²) in [4.78, 5) is 1.47. The molecule has 0 bridgehead atoms. The summed E-state index contributed by atoms with van der Waals surface area (Å²) in [5, 5.41) is 7.17. The predicted molar refractivity (Wildman–Crippen MR) is 94.9 cm³/mol. The van der Waals surface area contributed by atoms with E-state index in [4.69, 9.17) is 23.2 Å². The summed E-state index contributed by atoms with van der Waals surface area (Å²) >= 11 is 14.1. The number of benzene rings is 1. The fourth-order valence-electron chi connectivity index (χ4n) is 2.50. The van der Waals surface area contributed by atoms with Crippen LogP contribution in [0.15, 0.2) is 35.7 Å². The summed E-state index contributed by atoms with van der Waals surface area (Å²) in [7, 11) is 0. The molecule has 0 aliphatic heterocycles. The second-order valence-corrected chi connectivity index (χ2v) is 7.04. The Hall–Kier alpha value is -0.540. The van der Waals surface area contributed by atoms with E-state index in [9.17, 15) is 0 Å². The van der Waals surface area contributed by atoms with Crippen molar-refractivity contribution < 1.29 is 0 Å². The van der Waals surface area contributed by atoms with Crippen LogP contribution < -0.4 is 5.32 Å². The van der Waals surface area contributed by atoms with Gasteiger partial charge in [0.15, 0.2) is 0 Å². The average molecular weight is 342 g/mol. The largest absolute Gasteiger partial charge is 0.314 e. The van der Waals surface area contributed by atoms with Gasteiger partial charge in [0.05, 0.1) is 0 Å². The molecule has 1 N–H and O–H groups in total. The van der Waals surface area contributed by atoms with Crippen molar-refractivity contribution in [3.8, 4) is 0 Å². The first-order chi connectivity index (χ1) is 10.2. The lowest BCUT2D eigenvalue weighted by atomic mass is 10.0. The number of likely N-dealkylation sites (N-methyl/N-ethyl adjacent to an activating group) is 1. The second kappa shape index (κ2) is 8.79. The van der Waals surface area contributed by atoms with Crippen LogP contribution in [0.1, 0.15) is 30.2 Å². The van der Waals surface area contributed by atoms with Crippen LogP contribution in [0.3, 0.4) is 0 Å². The summed E-state index contributed by atoms with van der Waals surface area (Å²) in [6, 6.07) is 10.6. The number of aryl methyl sites for hydroxylation is 1. The minimum Gasteiger partial charge on any atom is -0.314 e. The molecular weight excluding hydrogens is 321 g/mol. The Morgan fingerprint density at radius 2 is 2.10 bits per heavy atom. The molecule has 1 nitrogen and oxygen atoms in total. The number of hydrogen-bond donors (Lipinski definition) is 1. The highest BCUT2D eigenvalue weighted by molar-refractivity contribution is 7.09. The lowest BCUT2D eigenvalue weighted by Gasteiger charge is -2.18. The van der Waals surface area contributed by atoms with Crippen molar-refractivity contribution in [2.24, 2.45) is 0 Å². The molecule has 0 spiro atoms. The summed E-state index contributed by atoms with van der Waals surface area (Å²) in [6.07, 6.45) is 4.47. The first-order valence-corrected chi connectivity index (χ1v) is 9.02. The molecule has 0 amide bonds. The highest BCUT2D eigenvalue weighted by Gasteiger charge is 2.11. The third-order valence-corrected chi connectivity index (χ3v) is 5.05. The zero-order chi connectivity index (χ0) is 15.1. The standard InChI is InChI=1S/C17H21Cl2NS/c1-2-20-15(5-3-6-16-7-4-10-21-16)11-13-8-9-14(18)12-17(13)19/h4,7-10,12,15,20H,2-3,5-6,11H2,1H3. The summed E-state index contributed by atoms with van der Waals surface area (Å²) < 4.78 is 0. The zero-order valence-electron chi connectivity index (χ0n) is 12.2. The van der Waals surface area contributed by atoms with Gasteiger partial charge >= 0.3 is 0 Å². The fraction of sp³-hybridized carbons (Fsp3) is 0.412. The van der Waals surface area contributed by atoms with Gasteiger partial charge in [-0.1, -0.05) is 42.3 Å². The third-order valence-electron chi connectivity index (χ3n) is 3.53. The van der Waals surface area contributed by atoms with Crippen LogP contribution in [0.4, 0.5) is 0 Å². The van der Waals surface area contributed by atoms with Crippen LogP contribution >= 0.6 is 34.5 Å². The molecule has 1 aromatic carbocycles. The van der Waals surface area contributed by atoms with E-state index in [1.54, 1.807) is 0 Å². The zero-order valence-corrected chi connectivity index (χ0v) is 14.6. The highest BCUT2D eigenvalue weighted by Crippen LogP contribution is 2.23. The van der Waals surface area contributed by atoms with Crippen molar-refractivity contribution in [3.05, 3.63) is 56.2 Å². The topological polar surface area (TPSA) is 12.0 Å². The minimum atomic E-state index is 0.466. The number of thiophene rings is 1. The van der Waals surface area contributed by atoms with E-state index in [-0.39, 0.29) is 0 Å². The molecule has 1 atom stereocenters. The molecule has 1 unspecified atom stereocenters. The van der Waals surface area contributed by atoms with E-state index in [2.05, 4.69) is 29.8 Å². The molecule has 2 rings (SSSR count). The quantitative estimate of drug-likeness (QED) is 0.658. The van der Waals surface area contributed by atoms with Gasteiger partial charge in [0.2, 0.25) is 0 Å². The Morgan fingerprint density at radius 1 is 1.24 bits per heavy atom. The first kappa shape index (κ1) is 16.8. The molecule has 0 aliphatic carbocycles. The van der Waals surface area contributed by atoms with Gasteiger partial charge in [-0.25, -0.2) is 0 Å². The van der Waals surface area contributed by atoms with Gasteiger partial charge in [0, 0.05) is 21.0 Å². The van der Waals surface area contributed by atoms with Crippen molar-refractivity contribution in [2.45, 2.75) is 38.6 Å². The van der Waals surface area contributed by atoms with E-state index in [1.165, 1.54) is 16.9 Å². The number of halogens is 2. The SMILES string of the molecule is CCNC(CCCc1cccs1)Cc1ccc(Cl)cc1Cl. The second-order valence-electron chi connectivity index (χ2n) is 5.17. The van der Waals surface area contributed by atoms with Crippen molar-refractivity contribution in [1.29, 1.82) is 0 Å². The summed E-state index contributed by atoms with van der Waals surface area (Å²) in [5.41, 5.74) is 1.17. The van der Waals surface area contributed by atoms with E-state index in [0.717, 1.165) is 30.8 Å². The Morgan fingerprint density at radius 3 is 2.76 bits per heavy atom. The lowest BCUT2D eigenvalue weighted by molar-refractivity contribution is 0.477. The Kier molecular flexibility index (Phi) is 7.05. The van der Waals surface area contributed by atoms with Crippen LogP contribution in [-0.4, -0.2) is 12.6 Å². The molecule has 114 valence electrons. The van der Waals surface area contributed by atoms with E-state index >= 15 is 0 Å². The molecular formula is C17H21Cl2NS. The summed E-state index contributed by atoms with van der Waals surface area (Å²) in [5.74, 6) is 0. The van der Waals surface area contributed by atoms with Gasteiger partial charge in [-0.15, -0.1) is 11.3 Å².